The van der Waals surface area contributed by atoms with Crippen LogP contribution in [-0.4, -0.2) is 9.97 Å². The van der Waals surface area contributed by atoms with E-state index < -0.39 is 0 Å². The molecule has 0 spiro atoms. The van der Waals surface area contributed by atoms with Gasteiger partial charge in [0.15, 0.2) is 0 Å². The van der Waals surface area contributed by atoms with E-state index in [1.165, 1.54) is 22.3 Å². The van der Waals surface area contributed by atoms with Gasteiger partial charge in [0.2, 0.25) is 0 Å². The Bertz CT molecular complexity index is 1410. The average Bonchev–Trinajstić information content (AvgIpc) is 2.84. The van der Waals surface area contributed by atoms with E-state index in [1.54, 1.807) is 0 Å². The highest BCUT2D eigenvalue weighted by Crippen LogP contribution is 2.37. The van der Waals surface area contributed by atoms with Crippen LogP contribution in [0.3, 0.4) is 0 Å². The molecule has 0 saturated carbocycles. The summed E-state index contributed by atoms with van der Waals surface area (Å²) in [5.41, 5.74) is 6.77. The van der Waals surface area contributed by atoms with Gasteiger partial charge in [-0.3, -0.25) is 9.97 Å². The van der Waals surface area contributed by atoms with Gasteiger partial charge < -0.3 is 0 Å². The van der Waals surface area contributed by atoms with Crippen molar-refractivity contribution in [3.05, 3.63) is 109 Å². The van der Waals surface area contributed by atoms with Gasteiger partial charge in [0, 0.05) is 28.6 Å². The van der Waals surface area contributed by atoms with Crippen LogP contribution in [0.1, 0.15) is 0 Å². The molecule has 2 nitrogen and oxygen atoms in total. The van der Waals surface area contributed by atoms with Gasteiger partial charge in [-0.1, -0.05) is 84.9 Å². The van der Waals surface area contributed by atoms with Crippen molar-refractivity contribution in [1.29, 1.82) is 0 Å². The number of hydrogen-bond donors (Lipinski definition) is 0. The zero-order chi connectivity index (χ0) is 19.9. The summed E-state index contributed by atoms with van der Waals surface area (Å²) in [6.07, 6.45) is 3.81. The molecule has 0 aliphatic carbocycles. The Morgan fingerprint density at radius 1 is 0.433 bits per heavy atom. The molecule has 6 rings (SSSR count). The Balaban J connectivity index is 1.73. The quantitative estimate of drug-likeness (QED) is 0.294. The molecule has 0 radical (unpaired) electrons. The lowest BCUT2D eigenvalue weighted by atomic mass is 9.94. The molecule has 0 aliphatic rings. The fraction of sp³-hybridized carbons (Fsp3) is 0. The second kappa shape index (κ2) is 6.78. The van der Waals surface area contributed by atoms with Crippen LogP contribution >= 0.6 is 0 Å². The first-order valence-electron chi connectivity index (χ1n) is 10.1. The van der Waals surface area contributed by atoms with E-state index in [0.29, 0.717) is 0 Å². The third kappa shape index (κ3) is 2.58. The summed E-state index contributed by atoms with van der Waals surface area (Å²) in [6, 6.07) is 33.9. The van der Waals surface area contributed by atoms with Gasteiger partial charge in [-0.2, -0.15) is 0 Å². The largest absolute Gasteiger partial charge is 0.255 e. The summed E-state index contributed by atoms with van der Waals surface area (Å²) >= 11 is 0. The third-order valence-electron chi connectivity index (χ3n) is 5.77. The number of aromatic nitrogens is 2. The SMILES string of the molecule is c1ccc(-c2ccnc3c2ccc2ccc4c(-c5ccccc5)ccnc4c23)cc1. The summed E-state index contributed by atoms with van der Waals surface area (Å²) in [7, 11) is 0. The molecule has 0 fully saturated rings. The normalized spacial score (nSPS) is 11.3. The summed E-state index contributed by atoms with van der Waals surface area (Å²) < 4.78 is 0. The molecule has 4 aromatic carbocycles. The number of nitrogens with zero attached hydrogens (tertiary/aromatic N) is 2. The third-order valence-corrected chi connectivity index (χ3v) is 5.77. The Morgan fingerprint density at radius 2 is 0.900 bits per heavy atom. The minimum atomic E-state index is 0.997. The zero-order valence-corrected chi connectivity index (χ0v) is 16.3. The lowest BCUT2D eigenvalue weighted by Gasteiger charge is -2.12. The molecular weight excluding hydrogens is 364 g/mol. The van der Waals surface area contributed by atoms with Crippen molar-refractivity contribution in [3.63, 3.8) is 0 Å². The predicted molar refractivity (Wildman–Crippen MR) is 125 cm³/mol. The maximum Gasteiger partial charge on any atom is 0.0808 e. The number of hydrogen-bond acceptors (Lipinski definition) is 2. The van der Waals surface area contributed by atoms with Gasteiger partial charge in [0.25, 0.3) is 0 Å². The van der Waals surface area contributed by atoms with Crippen molar-refractivity contribution in [2.75, 3.05) is 0 Å². The van der Waals surface area contributed by atoms with Crippen LogP contribution in [0, 0.1) is 0 Å². The first kappa shape index (κ1) is 16.9. The van der Waals surface area contributed by atoms with Crippen molar-refractivity contribution < 1.29 is 0 Å². The number of fused-ring (bicyclic) bond motifs is 5. The summed E-state index contributed by atoms with van der Waals surface area (Å²) in [5, 5.41) is 4.57. The topological polar surface area (TPSA) is 25.8 Å². The van der Waals surface area contributed by atoms with Crippen LogP contribution in [-0.2, 0) is 0 Å². The van der Waals surface area contributed by atoms with Crippen molar-refractivity contribution in [2.45, 2.75) is 0 Å². The van der Waals surface area contributed by atoms with Crippen molar-refractivity contribution in [2.24, 2.45) is 0 Å². The zero-order valence-electron chi connectivity index (χ0n) is 16.3. The highest BCUT2D eigenvalue weighted by Gasteiger charge is 2.13. The van der Waals surface area contributed by atoms with Crippen LogP contribution in [0.2, 0.25) is 0 Å². The van der Waals surface area contributed by atoms with Crippen molar-refractivity contribution in [3.8, 4) is 22.3 Å². The van der Waals surface area contributed by atoms with Crippen LogP contribution in [0.4, 0.5) is 0 Å². The lowest BCUT2D eigenvalue weighted by molar-refractivity contribution is 1.41. The molecule has 0 bridgehead atoms. The van der Waals surface area contributed by atoms with E-state index in [0.717, 1.165) is 32.6 Å². The van der Waals surface area contributed by atoms with Crippen LogP contribution in [0.25, 0.3) is 54.8 Å². The maximum absolute atomic E-state index is 4.81. The molecule has 0 saturated heterocycles. The summed E-state index contributed by atoms with van der Waals surface area (Å²) in [5.74, 6) is 0. The minimum Gasteiger partial charge on any atom is -0.255 e. The van der Waals surface area contributed by atoms with Gasteiger partial charge in [0.05, 0.1) is 11.0 Å². The molecule has 140 valence electrons. The summed E-state index contributed by atoms with van der Waals surface area (Å²) in [4.78, 5) is 9.62. The van der Waals surface area contributed by atoms with E-state index in [4.69, 9.17) is 9.97 Å². The van der Waals surface area contributed by atoms with E-state index in [2.05, 4.69) is 84.9 Å². The van der Waals surface area contributed by atoms with Gasteiger partial charge in [0.1, 0.15) is 0 Å². The molecule has 0 amide bonds. The predicted octanol–water partition coefficient (Wildman–Crippen LogP) is 7.27. The first-order chi connectivity index (χ1) is 14.9. The Kier molecular flexibility index (Phi) is 3.82. The first-order valence-corrected chi connectivity index (χ1v) is 10.1. The summed E-state index contributed by atoms with van der Waals surface area (Å²) in [6.45, 7) is 0. The molecule has 0 unspecified atom stereocenters. The molecule has 6 aromatic rings. The van der Waals surface area contributed by atoms with Crippen molar-refractivity contribution in [1.82, 2.24) is 9.97 Å². The molecule has 2 heteroatoms. The van der Waals surface area contributed by atoms with E-state index >= 15 is 0 Å². The molecule has 0 aliphatic heterocycles. The Hall–Kier alpha value is -4.04. The Morgan fingerprint density at radius 3 is 1.37 bits per heavy atom. The second-order valence-corrected chi connectivity index (χ2v) is 7.47. The monoisotopic (exact) mass is 382 g/mol. The molecular formula is C28H18N2. The van der Waals surface area contributed by atoms with Crippen LogP contribution in [0.15, 0.2) is 109 Å². The second-order valence-electron chi connectivity index (χ2n) is 7.47. The van der Waals surface area contributed by atoms with E-state index in [9.17, 15) is 0 Å². The molecule has 0 N–H and O–H groups in total. The average molecular weight is 382 g/mol. The van der Waals surface area contributed by atoms with Gasteiger partial charge >= 0.3 is 0 Å². The van der Waals surface area contributed by atoms with Crippen LogP contribution in [0.5, 0.6) is 0 Å². The smallest absolute Gasteiger partial charge is 0.0808 e. The van der Waals surface area contributed by atoms with E-state index in [1.807, 2.05) is 24.5 Å². The minimum absolute atomic E-state index is 0.997. The van der Waals surface area contributed by atoms with Crippen LogP contribution < -0.4 is 0 Å². The maximum atomic E-state index is 4.81. The van der Waals surface area contributed by atoms with Gasteiger partial charge in [-0.25, -0.2) is 0 Å². The fourth-order valence-corrected chi connectivity index (χ4v) is 4.38. The standard InChI is InChI=1S/C28H18N2/c1-3-7-19(8-4-1)22-15-17-29-27-24(22)13-11-21-12-14-25-23(20-9-5-2-6-10-20)16-18-30-28(25)26(21)27/h1-18H. The molecule has 2 heterocycles. The van der Waals surface area contributed by atoms with E-state index in [-0.39, 0.29) is 0 Å². The van der Waals surface area contributed by atoms with Gasteiger partial charge in [-0.15, -0.1) is 0 Å². The number of pyridine rings is 2. The van der Waals surface area contributed by atoms with Gasteiger partial charge in [-0.05, 0) is 39.8 Å². The molecule has 0 atom stereocenters. The highest BCUT2D eigenvalue weighted by molar-refractivity contribution is 6.21. The molecule has 2 aromatic heterocycles. The fourth-order valence-electron chi connectivity index (χ4n) is 4.38. The van der Waals surface area contributed by atoms with Crippen molar-refractivity contribution >= 4 is 32.6 Å². The number of rotatable bonds is 2. The Labute approximate surface area is 174 Å². The number of benzene rings is 4. The lowest BCUT2D eigenvalue weighted by Crippen LogP contribution is -1.90. The highest BCUT2D eigenvalue weighted by atomic mass is 14.7. The molecule has 30 heavy (non-hydrogen) atoms.